The van der Waals surface area contributed by atoms with Gasteiger partial charge >= 0.3 is 19.0 Å². The Morgan fingerprint density at radius 3 is 1.56 bits per heavy atom. The number of amides is 3. The van der Waals surface area contributed by atoms with Crippen molar-refractivity contribution in [2.75, 3.05) is 59.6 Å². The minimum absolute atomic E-state index is 0.00763. The average molecular weight is 1410 g/mol. The van der Waals surface area contributed by atoms with E-state index in [4.69, 9.17) is 54.6 Å². The molecule has 0 unspecified atom stereocenters. The van der Waals surface area contributed by atoms with Crippen LogP contribution in [0.5, 0.6) is 5.75 Å². The van der Waals surface area contributed by atoms with Gasteiger partial charge in [0.25, 0.3) is 17.7 Å². The van der Waals surface area contributed by atoms with Gasteiger partial charge < -0.3 is 52.1 Å². The number of anilines is 3. The van der Waals surface area contributed by atoms with Crippen LogP contribution in [-0.2, 0) is 30.8 Å². The lowest BCUT2D eigenvalue weighted by Gasteiger charge is -2.46. The summed E-state index contributed by atoms with van der Waals surface area (Å²) in [5.74, 6) is -2.99. The number of aliphatic imine (C=N–C) groups is 3. The fourth-order valence-electron chi connectivity index (χ4n) is 11.2. The summed E-state index contributed by atoms with van der Waals surface area (Å²) in [5.41, 5.74) is 15.9. The Labute approximate surface area is 549 Å². The van der Waals surface area contributed by atoms with Gasteiger partial charge in [0.15, 0.2) is 27.7 Å². The van der Waals surface area contributed by atoms with Crippen LogP contribution in [0.4, 0.5) is 66.7 Å². The molecule has 12 rings (SSSR count). The molecule has 6 aliphatic rings. The molecule has 0 aliphatic carbocycles. The summed E-state index contributed by atoms with van der Waals surface area (Å²) in [6.07, 6.45) is -9.31. The Morgan fingerprint density at radius 2 is 1.11 bits per heavy atom. The maximum absolute atomic E-state index is 15.0. The first kappa shape index (κ1) is 69.1. The van der Waals surface area contributed by atoms with Gasteiger partial charge in [0.05, 0.1) is 43.3 Å². The summed E-state index contributed by atoms with van der Waals surface area (Å²) in [6, 6.07) is 17.6. The molecule has 496 valence electrons. The largest absolute Gasteiger partial charge is 0.433 e. The molecule has 0 bridgehead atoms. The number of pyridine rings is 3. The number of halogens is 11. The molecule has 10 heterocycles. The number of thiophene rings is 1. The van der Waals surface area contributed by atoms with Crippen LogP contribution in [0.3, 0.4) is 0 Å². The number of nitrogens with one attached hydrogen (secondary N) is 3. The van der Waals surface area contributed by atoms with Crippen LogP contribution < -0.4 is 37.9 Å². The molecule has 9 N–H and O–H groups in total. The van der Waals surface area contributed by atoms with Crippen molar-refractivity contribution < 1.29 is 77.2 Å². The average Bonchev–Trinajstić information content (AvgIpc) is 0.817. The highest BCUT2D eigenvalue weighted by Crippen LogP contribution is 2.52. The number of fused-ring (bicyclic) bond motifs is 3. The number of aromatic nitrogens is 3. The maximum atomic E-state index is 15.0. The highest BCUT2D eigenvalue weighted by molar-refractivity contribution is 8.14. The Balaban J connectivity index is 0.000000155. The number of ether oxygens (including phenoxy) is 4. The van der Waals surface area contributed by atoms with Crippen LogP contribution >= 0.6 is 58.2 Å². The van der Waals surface area contributed by atoms with Gasteiger partial charge in [-0.25, -0.2) is 38.6 Å². The number of hydrogen-bond acceptors (Lipinski definition) is 20. The molecule has 8 atom stereocenters. The van der Waals surface area contributed by atoms with Crippen molar-refractivity contribution in [1.82, 2.24) is 15.0 Å². The van der Waals surface area contributed by atoms with Crippen LogP contribution in [0.1, 0.15) is 66.7 Å². The number of carbonyl (C=O) groups is 3. The van der Waals surface area contributed by atoms with Gasteiger partial charge in [-0.15, -0.1) is 11.3 Å². The molecule has 3 saturated heterocycles. The molecule has 35 heteroatoms. The van der Waals surface area contributed by atoms with Gasteiger partial charge in [-0.1, -0.05) is 53.0 Å². The number of alkyl halides is 8. The van der Waals surface area contributed by atoms with E-state index in [-0.39, 0.29) is 79.5 Å². The van der Waals surface area contributed by atoms with E-state index in [9.17, 15) is 58.3 Å². The number of carbonyl (C=O) groups excluding carboxylic acids is 3. The highest BCUT2D eigenvalue weighted by atomic mass is 35.5. The molecule has 0 saturated carbocycles. The smallest absolute Gasteiger partial charge is 0.414 e. The zero-order valence-electron chi connectivity index (χ0n) is 48.4. The van der Waals surface area contributed by atoms with Crippen LogP contribution in [0.2, 0.25) is 5.02 Å². The zero-order valence-corrected chi connectivity index (χ0v) is 52.4. The van der Waals surface area contributed by atoms with E-state index in [0.29, 0.717) is 34.1 Å². The second-order valence-electron chi connectivity index (χ2n) is 21.7. The van der Waals surface area contributed by atoms with E-state index in [1.54, 1.807) is 35.2 Å². The topological polar surface area (TPSA) is 282 Å². The highest BCUT2D eigenvalue weighted by Gasteiger charge is 2.57. The van der Waals surface area contributed by atoms with Gasteiger partial charge in [-0.2, -0.15) is 35.1 Å². The van der Waals surface area contributed by atoms with E-state index >= 15 is 0 Å². The molecule has 20 nitrogen and oxygen atoms in total. The summed E-state index contributed by atoms with van der Waals surface area (Å²) >= 11 is 11.1. The van der Waals surface area contributed by atoms with Crippen LogP contribution in [0.15, 0.2) is 118 Å². The third-order valence-electron chi connectivity index (χ3n) is 15.9. The molecule has 6 aromatic rings. The molecule has 0 spiro atoms. The third-order valence-corrected chi connectivity index (χ3v) is 20.0. The van der Waals surface area contributed by atoms with Gasteiger partial charge in [-0.05, 0) is 92.1 Å². The van der Waals surface area contributed by atoms with E-state index < -0.39 is 103 Å². The number of nitrogens with zero attached hydrogens (tertiary/aromatic N) is 7. The molecule has 4 aromatic heterocycles. The van der Waals surface area contributed by atoms with Gasteiger partial charge in [0.1, 0.15) is 51.1 Å². The van der Waals surface area contributed by atoms with Gasteiger partial charge in [0.2, 0.25) is 5.69 Å². The molecule has 2 aromatic carbocycles. The Hall–Kier alpha value is -7.78. The molecule has 3 fully saturated rings. The Morgan fingerprint density at radius 1 is 0.628 bits per heavy atom. The monoisotopic (exact) mass is 1410 g/mol. The van der Waals surface area contributed by atoms with E-state index in [1.807, 2.05) is 11.4 Å². The summed E-state index contributed by atoms with van der Waals surface area (Å²) in [4.78, 5) is 66.9. The number of nitrogens with two attached hydrogens (primary N) is 3. The zero-order chi connectivity index (χ0) is 67.3. The van der Waals surface area contributed by atoms with E-state index in [2.05, 4.69) is 50.5 Å². The standard InChI is InChI=1S/C21H18F6N4O3S.C20H17ClF4N4O2S.C18H17N5O2S2/c22-14-3-1-11(30-17(32)15-4-2-12(7-29-15)34-18(23)24)6-13(14)20-9-33-16(21(25,26)27)5-10(20)8-35-19(28)31-20;21-11-1-4-15(27-7-11)17(30)28-12-2-3-14(22)13(6-12)19-9-31-16(20(23,24)25)5-10(19)8-32-18(26)29-19;1-20-12-2-3-14(21-7-12)16(24)22-13-6-15(26-9-13)18-10-25-5-4-11(18)8-27-17(19)23-18/h1-4,6-7,10,16,18H,5,8-9H2,(H2,28,31)(H,30,32);1-4,6-7,10,16H,5,8-9H2,(H2,26,29)(H,28,30);2-3,6-7,9,11H,4-5,8,10H2,(H2,19,23)(H,22,24)/t10-,16+,20-;10-,16+,19-;11-,18-/m000/s1. The number of rotatable bonds is 11. The normalized spacial score (nSPS) is 24.8. The summed E-state index contributed by atoms with van der Waals surface area (Å²) in [7, 11) is 0. The minimum atomic E-state index is -4.58. The lowest BCUT2D eigenvalue weighted by Crippen LogP contribution is -2.53. The van der Waals surface area contributed by atoms with Crippen molar-refractivity contribution in [2.45, 2.75) is 67.1 Å². The van der Waals surface area contributed by atoms with Crippen LogP contribution in [-0.4, -0.2) is 123 Å². The van der Waals surface area contributed by atoms with Crippen LogP contribution in [0.25, 0.3) is 4.85 Å². The number of thioether (sulfide) groups is 3. The SMILES string of the molecule is NC1=N[C@@]2(c3cc(NC(=O)c4ccc(Cl)cn4)ccc3F)CO[C@@H](C(F)(F)F)C[C@H]2CS1.NC1=N[C@@]2(c3cc(NC(=O)c4ccc(OC(F)F)cn4)ccc3F)CO[C@@H](C(F)(F)F)C[C@H]2CS1.[C-]#[N+]c1ccc(C(=O)Nc2csc([C@]34COCC[C@H]3CSC(N)=N4)c2)nc1. The van der Waals surface area contributed by atoms with Crippen LogP contribution in [0, 0.1) is 36.0 Å². The molecule has 94 heavy (non-hydrogen) atoms. The van der Waals surface area contributed by atoms with Crippen molar-refractivity contribution in [3.8, 4) is 5.75 Å². The first-order valence-electron chi connectivity index (χ1n) is 28.0. The quantitative estimate of drug-likeness (QED) is 0.0519. The Kier molecular flexibility index (Phi) is 21.1. The summed E-state index contributed by atoms with van der Waals surface area (Å²) in [6.45, 7) is 4.10. The van der Waals surface area contributed by atoms with Crippen molar-refractivity contribution >= 4 is 114 Å². The summed E-state index contributed by atoms with van der Waals surface area (Å²) in [5, 5.41) is 11.0. The molecule has 6 aliphatic heterocycles. The molecule has 0 radical (unpaired) electrons. The van der Waals surface area contributed by atoms with Gasteiger partial charge in [0, 0.05) is 86.8 Å². The van der Waals surface area contributed by atoms with E-state index in [0.717, 1.165) is 77.6 Å². The summed E-state index contributed by atoms with van der Waals surface area (Å²) < 4.78 is 154. The van der Waals surface area contributed by atoms with Gasteiger partial charge in [-0.3, -0.25) is 19.4 Å². The lowest BCUT2D eigenvalue weighted by atomic mass is 9.74. The van der Waals surface area contributed by atoms with Crippen molar-refractivity contribution in [3.63, 3.8) is 0 Å². The Bertz CT molecular complexity index is 3930. The lowest BCUT2D eigenvalue weighted by molar-refractivity contribution is -0.245. The number of amidine groups is 3. The van der Waals surface area contributed by atoms with Crippen molar-refractivity contribution in [1.29, 1.82) is 0 Å². The van der Waals surface area contributed by atoms with Crippen molar-refractivity contribution in [2.24, 2.45) is 49.9 Å². The molecular formula is C59H52ClF10N13O7S4. The predicted molar refractivity (Wildman–Crippen MR) is 336 cm³/mol. The maximum Gasteiger partial charge on any atom is 0.414 e. The number of hydrogen-bond donors (Lipinski definition) is 6. The molecular weight excluding hydrogens is 1360 g/mol. The predicted octanol–water partition coefficient (Wildman–Crippen LogP) is 11.9. The third kappa shape index (κ3) is 15.6. The molecule has 3 amide bonds. The second-order valence-corrected chi connectivity index (χ2v) is 26.2. The minimum Gasteiger partial charge on any atom is -0.433 e. The first-order chi connectivity index (χ1) is 44.7. The fraction of sp³-hybridized carbons (Fsp3) is 0.356. The van der Waals surface area contributed by atoms with Crippen molar-refractivity contribution in [3.05, 3.63) is 164 Å². The first-order valence-corrected chi connectivity index (χ1v) is 32.3. The number of benzene rings is 2. The second kappa shape index (κ2) is 28.7. The fourth-order valence-corrected chi connectivity index (χ4v) is 15.4. The van der Waals surface area contributed by atoms with E-state index in [1.165, 1.54) is 48.8 Å².